The highest BCUT2D eigenvalue weighted by atomic mass is 79.9. The molecule has 1 saturated heterocycles. The molecule has 1 aliphatic rings. The largest absolute Gasteiger partial charge is 0.458 e. The van der Waals surface area contributed by atoms with Gasteiger partial charge in [0.2, 0.25) is 5.91 Å². The zero-order valence-corrected chi connectivity index (χ0v) is 14.0. The zero-order valence-electron chi connectivity index (χ0n) is 12.4. The van der Waals surface area contributed by atoms with E-state index in [9.17, 15) is 4.79 Å². The number of aromatic nitrogens is 2. The number of rotatable bonds is 6. The van der Waals surface area contributed by atoms with E-state index in [1.807, 2.05) is 4.90 Å². The Bertz CT molecular complexity index is 453. The van der Waals surface area contributed by atoms with E-state index >= 15 is 0 Å². The summed E-state index contributed by atoms with van der Waals surface area (Å²) < 4.78 is 5.81. The fourth-order valence-corrected chi connectivity index (χ4v) is 2.65. The maximum absolute atomic E-state index is 12.1. The SMILES string of the molecule is CCc1cnc(OC2CCCN(C(=O)CCCBr)C2)nc1. The van der Waals surface area contributed by atoms with Gasteiger partial charge >= 0.3 is 6.01 Å². The van der Waals surface area contributed by atoms with Gasteiger partial charge in [0.25, 0.3) is 0 Å². The van der Waals surface area contributed by atoms with Crippen molar-refractivity contribution in [1.29, 1.82) is 0 Å². The molecule has 0 N–H and O–H groups in total. The fraction of sp³-hybridized carbons (Fsp3) is 0.667. The van der Waals surface area contributed by atoms with Crippen molar-refractivity contribution in [3.05, 3.63) is 18.0 Å². The van der Waals surface area contributed by atoms with E-state index in [4.69, 9.17) is 4.74 Å². The van der Waals surface area contributed by atoms with E-state index in [1.165, 1.54) is 0 Å². The van der Waals surface area contributed by atoms with Crippen molar-refractivity contribution in [1.82, 2.24) is 14.9 Å². The summed E-state index contributed by atoms with van der Waals surface area (Å²) in [6.45, 7) is 3.54. The van der Waals surface area contributed by atoms with E-state index in [0.717, 1.165) is 43.1 Å². The number of amides is 1. The summed E-state index contributed by atoms with van der Waals surface area (Å²) in [6.07, 6.45) is 7.90. The number of carbonyl (C=O) groups excluding carboxylic acids is 1. The molecule has 1 atom stereocenters. The van der Waals surface area contributed by atoms with Crippen LogP contribution >= 0.6 is 15.9 Å². The van der Waals surface area contributed by atoms with E-state index in [-0.39, 0.29) is 12.0 Å². The highest BCUT2D eigenvalue weighted by molar-refractivity contribution is 9.09. The number of piperidine rings is 1. The standard InChI is InChI=1S/C15H22BrN3O2/c1-2-12-9-17-15(18-10-12)21-13-5-4-8-19(11-13)14(20)6-3-7-16/h9-10,13H,2-8,11H2,1H3. The van der Waals surface area contributed by atoms with Crippen LogP contribution in [0.15, 0.2) is 12.4 Å². The molecule has 1 aromatic rings. The summed E-state index contributed by atoms with van der Waals surface area (Å²) in [5.41, 5.74) is 1.09. The lowest BCUT2D eigenvalue weighted by atomic mass is 10.1. The highest BCUT2D eigenvalue weighted by Crippen LogP contribution is 2.16. The molecule has 1 fully saturated rings. The fourth-order valence-electron chi connectivity index (χ4n) is 2.37. The van der Waals surface area contributed by atoms with E-state index < -0.39 is 0 Å². The van der Waals surface area contributed by atoms with Gasteiger partial charge in [0, 0.05) is 30.7 Å². The van der Waals surface area contributed by atoms with E-state index in [2.05, 4.69) is 32.8 Å². The van der Waals surface area contributed by atoms with Crippen LogP contribution in [0.3, 0.4) is 0 Å². The molecule has 0 aliphatic carbocycles. The Morgan fingerprint density at radius 1 is 1.48 bits per heavy atom. The molecule has 1 aromatic heterocycles. The summed E-state index contributed by atoms with van der Waals surface area (Å²) in [7, 11) is 0. The first-order chi connectivity index (χ1) is 10.2. The van der Waals surface area contributed by atoms with Crippen molar-refractivity contribution in [2.45, 2.75) is 45.1 Å². The van der Waals surface area contributed by atoms with E-state index in [0.29, 0.717) is 19.0 Å². The zero-order chi connectivity index (χ0) is 15.1. The van der Waals surface area contributed by atoms with Gasteiger partial charge < -0.3 is 9.64 Å². The Balaban J connectivity index is 1.86. The van der Waals surface area contributed by atoms with Gasteiger partial charge in [0.1, 0.15) is 6.10 Å². The molecule has 21 heavy (non-hydrogen) atoms. The summed E-state index contributed by atoms with van der Waals surface area (Å²) in [5, 5.41) is 0.865. The van der Waals surface area contributed by atoms with Crippen molar-refractivity contribution in [2.24, 2.45) is 0 Å². The van der Waals surface area contributed by atoms with Crippen LogP contribution in [0.1, 0.15) is 38.2 Å². The second kappa shape index (κ2) is 8.32. The maximum atomic E-state index is 12.1. The lowest BCUT2D eigenvalue weighted by molar-refractivity contribution is -0.133. The lowest BCUT2D eigenvalue weighted by Crippen LogP contribution is -2.44. The number of nitrogens with zero attached hydrogens (tertiary/aromatic N) is 3. The molecule has 0 spiro atoms. The van der Waals surface area contributed by atoms with Crippen molar-refractivity contribution in [3.8, 4) is 6.01 Å². The molecule has 5 nitrogen and oxygen atoms in total. The van der Waals surface area contributed by atoms with Crippen LogP contribution in [0.4, 0.5) is 0 Å². The number of likely N-dealkylation sites (tertiary alicyclic amines) is 1. The normalized spacial score (nSPS) is 18.6. The second-order valence-corrected chi connectivity index (χ2v) is 6.03. The molecule has 6 heteroatoms. The van der Waals surface area contributed by atoms with Gasteiger partial charge in [0.05, 0.1) is 6.54 Å². The molecule has 0 bridgehead atoms. The van der Waals surface area contributed by atoms with Crippen LogP contribution in [-0.4, -0.2) is 45.3 Å². The number of aryl methyl sites for hydroxylation is 1. The van der Waals surface area contributed by atoms with Gasteiger partial charge in [-0.15, -0.1) is 0 Å². The molecule has 1 unspecified atom stereocenters. The third-order valence-electron chi connectivity index (χ3n) is 3.62. The minimum Gasteiger partial charge on any atom is -0.458 e. The first kappa shape index (κ1) is 16.2. The smallest absolute Gasteiger partial charge is 0.316 e. The van der Waals surface area contributed by atoms with Gasteiger partial charge in [0.15, 0.2) is 0 Å². The summed E-state index contributed by atoms with van der Waals surface area (Å²) >= 11 is 3.36. The third-order valence-corrected chi connectivity index (χ3v) is 4.18. The second-order valence-electron chi connectivity index (χ2n) is 5.24. The Morgan fingerprint density at radius 2 is 2.24 bits per heavy atom. The van der Waals surface area contributed by atoms with Crippen LogP contribution in [0.5, 0.6) is 6.01 Å². The molecule has 116 valence electrons. The highest BCUT2D eigenvalue weighted by Gasteiger charge is 2.25. The van der Waals surface area contributed by atoms with Crippen molar-refractivity contribution in [2.75, 3.05) is 18.4 Å². The summed E-state index contributed by atoms with van der Waals surface area (Å²) in [6, 6.07) is 0.409. The van der Waals surface area contributed by atoms with Crippen LogP contribution in [0.25, 0.3) is 0 Å². The summed E-state index contributed by atoms with van der Waals surface area (Å²) in [4.78, 5) is 22.4. The quantitative estimate of drug-likeness (QED) is 0.736. The molecule has 2 heterocycles. The van der Waals surface area contributed by atoms with Crippen LogP contribution in [0, 0.1) is 0 Å². The molecule has 2 rings (SSSR count). The molecule has 0 saturated carbocycles. The van der Waals surface area contributed by atoms with Gasteiger partial charge in [-0.25, -0.2) is 9.97 Å². The van der Waals surface area contributed by atoms with Crippen molar-refractivity contribution in [3.63, 3.8) is 0 Å². The maximum Gasteiger partial charge on any atom is 0.316 e. The number of ether oxygens (including phenoxy) is 1. The summed E-state index contributed by atoms with van der Waals surface area (Å²) in [5.74, 6) is 0.213. The van der Waals surface area contributed by atoms with Gasteiger partial charge in [-0.2, -0.15) is 0 Å². The van der Waals surface area contributed by atoms with Crippen molar-refractivity contribution >= 4 is 21.8 Å². The third kappa shape index (κ3) is 4.95. The number of carbonyl (C=O) groups is 1. The van der Waals surface area contributed by atoms with Gasteiger partial charge in [-0.05, 0) is 31.2 Å². The molecular weight excluding hydrogens is 334 g/mol. The minimum atomic E-state index is -0.000790. The Hall–Kier alpha value is -1.17. The Labute approximate surface area is 134 Å². The average molecular weight is 356 g/mol. The predicted octanol–water partition coefficient (Wildman–Crippen LogP) is 2.58. The molecule has 0 radical (unpaired) electrons. The topological polar surface area (TPSA) is 55.3 Å². The van der Waals surface area contributed by atoms with Gasteiger partial charge in [-0.3, -0.25) is 4.79 Å². The molecule has 1 amide bonds. The molecule has 1 aliphatic heterocycles. The van der Waals surface area contributed by atoms with Crippen LogP contribution < -0.4 is 4.74 Å². The monoisotopic (exact) mass is 355 g/mol. The predicted molar refractivity (Wildman–Crippen MR) is 84.7 cm³/mol. The number of alkyl halides is 1. The number of halogens is 1. The number of hydrogen-bond acceptors (Lipinski definition) is 4. The molecular formula is C15H22BrN3O2. The van der Waals surface area contributed by atoms with Crippen LogP contribution in [0.2, 0.25) is 0 Å². The van der Waals surface area contributed by atoms with E-state index in [1.54, 1.807) is 12.4 Å². The first-order valence-electron chi connectivity index (χ1n) is 7.54. The van der Waals surface area contributed by atoms with Crippen molar-refractivity contribution < 1.29 is 9.53 Å². The minimum absolute atomic E-state index is 0.000790. The Morgan fingerprint density at radius 3 is 2.90 bits per heavy atom. The number of hydrogen-bond donors (Lipinski definition) is 0. The lowest BCUT2D eigenvalue weighted by Gasteiger charge is -2.32. The molecule has 0 aromatic carbocycles. The Kier molecular flexibility index (Phi) is 6.42. The van der Waals surface area contributed by atoms with Crippen LogP contribution in [-0.2, 0) is 11.2 Å². The first-order valence-corrected chi connectivity index (χ1v) is 8.66. The van der Waals surface area contributed by atoms with Gasteiger partial charge in [-0.1, -0.05) is 22.9 Å². The average Bonchev–Trinajstić information content (AvgIpc) is 2.53.